The molecule has 0 saturated carbocycles. The van der Waals surface area contributed by atoms with E-state index >= 15 is 0 Å². The Labute approximate surface area is 399 Å². The van der Waals surface area contributed by atoms with Crippen LogP contribution in [0.4, 0.5) is 17.1 Å². The van der Waals surface area contributed by atoms with Gasteiger partial charge in [0.05, 0.1) is 11.1 Å². The van der Waals surface area contributed by atoms with Gasteiger partial charge in [0.25, 0.3) is 0 Å². The van der Waals surface area contributed by atoms with E-state index in [1.807, 2.05) is 0 Å². The largest absolute Gasteiger partial charge is 0.310 e. The molecule has 1 unspecified atom stereocenters. The van der Waals surface area contributed by atoms with Crippen molar-refractivity contribution >= 4 is 17.1 Å². The lowest BCUT2D eigenvalue weighted by Gasteiger charge is -2.33. The Morgan fingerprint density at radius 1 is 0.265 bits per heavy atom. The summed E-state index contributed by atoms with van der Waals surface area (Å²) in [4.78, 5) is 2.56. The van der Waals surface area contributed by atoms with Gasteiger partial charge in [0.15, 0.2) is 0 Å². The molecular formula is C67H49N. The maximum atomic E-state index is 2.56. The molecule has 0 aromatic heterocycles. The second kappa shape index (κ2) is 14.0. The molecule has 0 N–H and O–H groups in total. The maximum Gasteiger partial charge on any atom is 0.0726 e. The van der Waals surface area contributed by atoms with Crippen molar-refractivity contribution in [1.29, 1.82) is 0 Å². The summed E-state index contributed by atoms with van der Waals surface area (Å²) in [6.07, 6.45) is 0. The first-order chi connectivity index (χ1) is 33.2. The van der Waals surface area contributed by atoms with Crippen LogP contribution in [-0.2, 0) is 16.2 Å². The van der Waals surface area contributed by atoms with Crippen LogP contribution in [0, 0.1) is 0 Å². The Balaban J connectivity index is 1.03. The average Bonchev–Trinajstić information content (AvgIpc) is 4.01. The van der Waals surface area contributed by atoms with E-state index in [1.165, 1.54) is 117 Å². The Morgan fingerprint density at radius 3 is 1.37 bits per heavy atom. The number of benzene rings is 10. The summed E-state index contributed by atoms with van der Waals surface area (Å²) in [7, 11) is 0. The summed E-state index contributed by atoms with van der Waals surface area (Å²) in [5, 5.41) is 0. The number of rotatable bonds is 5. The van der Waals surface area contributed by atoms with Crippen molar-refractivity contribution in [2.75, 3.05) is 4.90 Å². The molecule has 4 aliphatic rings. The molecule has 1 atom stereocenters. The number of hydrogen-bond acceptors (Lipinski definition) is 1. The van der Waals surface area contributed by atoms with Crippen LogP contribution >= 0.6 is 0 Å². The van der Waals surface area contributed by atoms with Gasteiger partial charge in [-0.2, -0.15) is 0 Å². The first-order valence-corrected chi connectivity index (χ1v) is 24.2. The molecule has 10 aromatic carbocycles. The van der Waals surface area contributed by atoms with Crippen molar-refractivity contribution in [2.24, 2.45) is 0 Å². The SMILES string of the molecule is CC1(C)c2ccccc2-c2cc3c(cc21)-c1c(N(c2ccc(-c4ccccc4)cc2)c2ccc4c(c2)C2(c5ccccc5-c5ccc(-c6ccccc6)cc52)c2ccccc2-4)cccc1C3(C)C. The molecule has 10 aromatic rings. The fourth-order valence-electron chi connectivity index (χ4n) is 13.1. The molecule has 0 radical (unpaired) electrons. The molecule has 1 nitrogen and oxygen atoms in total. The third-order valence-electron chi connectivity index (χ3n) is 16.3. The van der Waals surface area contributed by atoms with Crippen LogP contribution in [0.2, 0.25) is 0 Å². The molecule has 0 aliphatic heterocycles. The van der Waals surface area contributed by atoms with Crippen molar-refractivity contribution < 1.29 is 0 Å². The van der Waals surface area contributed by atoms with Gasteiger partial charge in [-0.15, -0.1) is 0 Å². The number of anilines is 3. The Hall–Kier alpha value is -8.00. The van der Waals surface area contributed by atoms with Gasteiger partial charge < -0.3 is 4.90 Å². The molecule has 1 heteroatoms. The van der Waals surface area contributed by atoms with E-state index in [0.29, 0.717) is 0 Å². The fraction of sp³-hybridized carbons (Fsp3) is 0.104. The molecule has 4 aliphatic carbocycles. The monoisotopic (exact) mass is 867 g/mol. The minimum absolute atomic E-state index is 0.118. The van der Waals surface area contributed by atoms with Gasteiger partial charge in [0.2, 0.25) is 0 Å². The molecule has 14 rings (SSSR count). The molecule has 0 bridgehead atoms. The second-order valence-electron chi connectivity index (χ2n) is 20.4. The Morgan fingerprint density at radius 2 is 0.706 bits per heavy atom. The van der Waals surface area contributed by atoms with Crippen LogP contribution < -0.4 is 4.90 Å². The van der Waals surface area contributed by atoms with Crippen molar-refractivity contribution in [3.63, 3.8) is 0 Å². The van der Waals surface area contributed by atoms with Gasteiger partial charge >= 0.3 is 0 Å². The van der Waals surface area contributed by atoms with Gasteiger partial charge in [-0.25, -0.2) is 0 Å². The first kappa shape index (κ1) is 39.2. The van der Waals surface area contributed by atoms with Gasteiger partial charge in [0.1, 0.15) is 0 Å². The van der Waals surface area contributed by atoms with E-state index in [1.54, 1.807) is 0 Å². The zero-order chi connectivity index (χ0) is 45.5. The van der Waals surface area contributed by atoms with Crippen LogP contribution in [0.1, 0.15) is 72.2 Å². The summed E-state index contributed by atoms with van der Waals surface area (Å²) in [6, 6.07) is 84.9. The van der Waals surface area contributed by atoms with Crippen molar-refractivity contribution in [3.05, 3.63) is 269 Å². The lowest BCUT2D eigenvalue weighted by molar-refractivity contribution is 0.652. The van der Waals surface area contributed by atoms with Crippen molar-refractivity contribution in [1.82, 2.24) is 0 Å². The van der Waals surface area contributed by atoms with E-state index in [9.17, 15) is 0 Å². The zero-order valence-corrected chi connectivity index (χ0v) is 38.8. The lowest BCUT2D eigenvalue weighted by Crippen LogP contribution is -2.26. The van der Waals surface area contributed by atoms with E-state index < -0.39 is 5.41 Å². The highest BCUT2D eigenvalue weighted by atomic mass is 15.1. The predicted octanol–water partition coefficient (Wildman–Crippen LogP) is 17.4. The van der Waals surface area contributed by atoms with E-state index in [4.69, 9.17) is 0 Å². The minimum atomic E-state index is -0.518. The van der Waals surface area contributed by atoms with Crippen LogP contribution in [-0.4, -0.2) is 0 Å². The second-order valence-corrected chi connectivity index (χ2v) is 20.4. The highest BCUT2D eigenvalue weighted by Gasteiger charge is 2.52. The van der Waals surface area contributed by atoms with E-state index in [2.05, 4.69) is 257 Å². The Bertz CT molecular complexity index is 3710. The molecule has 322 valence electrons. The number of fused-ring (bicyclic) bond motifs is 16. The summed E-state index contributed by atoms with van der Waals surface area (Å²) in [5.41, 5.74) is 29.0. The van der Waals surface area contributed by atoms with Crippen molar-refractivity contribution in [3.8, 4) is 66.8 Å². The molecule has 0 amide bonds. The normalized spacial score (nSPS) is 16.5. The molecule has 1 spiro atoms. The molecule has 0 fully saturated rings. The zero-order valence-electron chi connectivity index (χ0n) is 38.8. The van der Waals surface area contributed by atoms with Gasteiger partial charge in [-0.1, -0.05) is 204 Å². The van der Waals surface area contributed by atoms with Crippen LogP contribution in [0.3, 0.4) is 0 Å². The van der Waals surface area contributed by atoms with Crippen molar-refractivity contribution in [2.45, 2.75) is 43.9 Å². The number of hydrogen-bond donors (Lipinski definition) is 0. The minimum Gasteiger partial charge on any atom is -0.310 e. The standard InChI is InChI=1S/C67H49N/c1-65(2)55-25-14-11-24-50(55)53-40-60-54(41-59(53)65)64-58(66(60,3)4)28-17-29-63(64)68(46-33-30-44(31-34-46)42-18-7-5-8-19-42)47-35-37-52-49-23-13-16-27-57(49)67(62(52)39-47)56-26-15-12-22-48(56)51-36-32-45(38-61(51)67)43-20-9-6-10-21-43/h5-41H,1-4H3. The predicted molar refractivity (Wildman–Crippen MR) is 283 cm³/mol. The third-order valence-corrected chi connectivity index (χ3v) is 16.3. The summed E-state index contributed by atoms with van der Waals surface area (Å²) in [5.74, 6) is 0. The van der Waals surface area contributed by atoms with Crippen LogP contribution in [0.5, 0.6) is 0 Å². The molecule has 68 heavy (non-hydrogen) atoms. The fourth-order valence-corrected chi connectivity index (χ4v) is 13.1. The highest BCUT2D eigenvalue weighted by Crippen LogP contribution is 2.65. The summed E-state index contributed by atoms with van der Waals surface area (Å²) in [6.45, 7) is 9.65. The van der Waals surface area contributed by atoms with E-state index in [-0.39, 0.29) is 10.8 Å². The van der Waals surface area contributed by atoms with E-state index in [0.717, 1.165) is 11.4 Å². The average molecular weight is 868 g/mol. The molecular weight excluding hydrogens is 819 g/mol. The Kier molecular flexibility index (Phi) is 8.08. The summed E-state index contributed by atoms with van der Waals surface area (Å²) < 4.78 is 0. The van der Waals surface area contributed by atoms with Gasteiger partial charge in [0, 0.05) is 27.8 Å². The maximum absolute atomic E-state index is 2.56. The quantitative estimate of drug-likeness (QED) is 0.167. The first-order valence-electron chi connectivity index (χ1n) is 24.2. The topological polar surface area (TPSA) is 3.24 Å². The molecule has 0 heterocycles. The van der Waals surface area contributed by atoms with Gasteiger partial charge in [-0.05, 0) is 154 Å². The third kappa shape index (κ3) is 5.17. The summed E-state index contributed by atoms with van der Waals surface area (Å²) >= 11 is 0. The highest BCUT2D eigenvalue weighted by molar-refractivity contribution is 6.00. The van der Waals surface area contributed by atoms with Crippen LogP contribution in [0.15, 0.2) is 224 Å². The van der Waals surface area contributed by atoms with Crippen LogP contribution in [0.25, 0.3) is 66.8 Å². The lowest BCUT2D eigenvalue weighted by atomic mass is 9.70. The molecule has 0 saturated heterocycles. The van der Waals surface area contributed by atoms with Gasteiger partial charge in [-0.3, -0.25) is 0 Å². The smallest absolute Gasteiger partial charge is 0.0726 e. The number of nitrogens with zero attached hydrogens (tertiary/aromatic N) is 1.